The zero-order valence-corrected chi connectivity index (χ0v) is 14.9. The number of anilines is 1. The van der Waals surface area contributed by atoms with Gasteiger partial charge in [0.25, 0.3) is 5.91 Å². The molecule has 0 fully saturated rings. The average Bonchev–Trinajstić information content (AvgIpc) is 2.58. The highest BCUT2D eigenvalue weighted by atomic mass is 35.5. The fourth-order valence-corrected chi connectivity index (χ4v) is 2.29. The van der Waals surface area contributed by atoms with Gasteiger partial charge in [0.2, 0.25) is 0 Å². The second-order valence-electron chi connectivity index (χ2n) is 5.82. The second kappa shape index (κ2) is 9.04. The minimum atomic E-state index is -0.575. The molecule has 0 spiro atoms. The van der Waals surface area contributed by atoms with Gasteiger partial charge < -0.3 is 10.1 Å². The molecule has 0 unspecified atom stereocenters. The van der Waals surface area contributed by atoms with E-state index in [9.17, 15) is 9.59 Å². The SMILES string of the molecule is CC(C)c1ccc(/C=C/C(=O)OCC(=O)Nc2cccc(Cl)c2)cc1. The van der Waals surface area contributed by atoms with Gasteiger partial charge in [0, 0.05) is 16.8 Å². The molecule has 25 heavy (non-hydrogen) atoms. The van der Waals surface area contributed by atoms with Crippen LogP contribution in [-0.4, -0.2) is 18.5 Å². The first-order chi connectivity index (χ1) is 11.9. The summed E-state index contributed by atoms with van der Waals surface area (Å²) in [5, 5.41) is 3.12. The van der Waals surface area contributed by atoms with Gasteiger partial charge in [0.15, 0.2) is 6.61 Å². The summed E-state index contributed by atoms with van der Waals surface area (Å²) >= 11 is 5.84. The smallest absolute Gasteiger partial charge is 0.331 e. The number of carbonyl (C=O) groups excluding carboxylic acids is 2. The van der Waals surface area contributed by atoms with E-state index < -0.39 is 11.9 Å². The van der Waals surface area contributed by atoms with Crippen molar-refractivity contribution in [2.45, 2.75) is 19.8 Å². The molecule has 0 aliphatic heterocycles. The Bertz CT molecular complexity index is 767. The maximum atomic E-state index is 11.7. The van der Waals surface area contributed by atoms with E-state index >= 15 is 0 Å². The third kappa shape index (κ3) is 6.43. The van der Waals surface area contributed by atoms with Crippen LogP contribution in [0.1, 0.15) is 30.9 Å². The molecule has 0 aromatic heterocycles. The summed E-state index contributed by atoms with van der Waals surface area (Å²) < 4.78 is 4.92. The van der Waals surface area contributed by atoms with Gasteiger partial charge in [-0.1, -0.05) is 55.8 Å². The van der Waals surface area contributed by atoms with Crippen LogP contribution in [-0.2, 0) is 14.3 Å². The summed E-state index contributed by atoms with van der Waals surface area (Å²) in [6.45, 7) is 3.88. The van der Waals surface area contributed by atoms with Crippen molar-refractivity contribution in [2.24, 2.45) is 0 Å². The molecule has 2 aromatic carbocycles. The molecule has 0 aliphatic carbocycles. The van der Waals surface area contributed by atoms with Crippen LogP contribution in [0, 0.1) is 0 Å². The van der Waals surface area contributed by atoms with Crippen LogP contribution in [0.3, 0.4) is 0 Å². The molecular weight excluding hydrogens is 338 g/mol. The molecule has 4 nitrogen and oxygen atoms in total. The second-order valence-corrected chi connectivity index (χ2v) is 6.26. The molecule has 2 aromatic rings. The van der Waals surface area contributed by atoms with Gasteiger partial charge in [0.05, 0.1) is 0 Å². The predicted octanol–water partition coefficient (Wildman–Crippen LogP) is 4.66. The van der Waals surface area contributed by atoms with Crippen molar-refractivity contribution in [3.63, 3.8) is 0 Å². The summed E-state index contributed by atoms with van der Waals surface area (Å²) in [5.74, 6) is -0.541. The van der Waals surface area contributed by atoms with E-state index in [-0.39, 0.29) is 6.61 Å². The van der Waals surface area contributed by atoms with Gasteiger partial charge in [-0.05, 0) is 41.3 Å². The van der Waals surface area contributed by atoms with Crippen LogP contribution < -0.4 is 5.32 Å². The minimum Gasteiger partial charge on any atom is -0.452 e. The van der Waals surface area contributed by atoms with Crippen molar-refractivity contribution < 1.29 is 14.3 Å². The Morgan fingerprint density at radius 1 is 1.16 bits per heavy atom. The van der Waals surface area contributed by atoms with Crippen LogP contribution in [0.5, 0.6) is 0 Å². The number of rotatable bonds is 6. The highest BCUT2D eigenvalue weighted by Gasteiger charge is 2.06. The number of hydrogen-bond donors (Lipinski definition) is 1. The molecular formula is C20H20ClNO3. The molecule has 0 radical (unpaired) electrons. The predicted molar refractivity (Wildman–Crippen MR) is 101 cm³/mol. The number of hydrogen-bond acceptors (Lipinski definition) is 3. The molecule has 1 amide bonds. The molecule has 0 heterocycles. The molecule has 0 atom stereocenters. The van der Waals surface area contributed by atoms with E-state index in [1.807, 2.05) is 24.3 Å². The Morgan fingerprint density at radius 3 is 2.52 bits per heavy atom. The lowest BCUT2D eigenvalue weighted by atomic mass is 10.0. The van der Waals surface area contributed by atoms with Crippen LogP contribution in [0.2, 0.25) is 5.02 Å². The first kappa shape index (κ1) is 18.7. The molecule has 2 rings (SSSR count). The van der Waals surface area contributed by atoms with Crippen molar-refractivity contribution in [3.05, 3.63) is 70.8 Å². The van der Waals surface area contributed by atoms with E-state index in [1.54, 1.807) is 30.3 Å². The van der Waals surface area contributed by atoms with E-state index in [1.165, 1.54) is 11.6 Å². The highest BCUT2D eigenvalue weighted by molar-refractivity contribution is 6.30. The van der Waals surface area contributed by atoms with Gasteiger partial charge in [-0.3, -0.25) is 4.79 Å². The number of benzene rings is 2. The molecule has 0 saturated carbocycles. The van der Waals surface area contributed by atoms with Crippen molar-refractivity contribution >= 4 is 35.2 Å². The maximum absolute atomic E-state index is 11.7. The Morgan fingerprint density at radius 2 is 1.88 bits per heavy atom. The Hall–Kier alpha value is -2.59. The fourth-order valence-electron chi connectivity index (χ4n) is 2.10. The number of esters is 1. The first-order valence-electron chi connectivity index (χ1n) is 7.94. The monoisotopic (exact) mass is 357 g/mol. The normalized spacial score (nSPS) is 10.9. The molecule has 130 valence electrons. The summed E-state index contributed by atoms with van der Waals surface area (Å²) in [6.07, 6.45) is 2.96. The first-order valence-corrected chi connectivity index (χ1v) is 8.32. The number of nitrogens with one attached hydrogen (secondary N) is 1. The Balaban J connectivity index is 1.80. The van der Waals surface area contributed by atoms with E-state index in [4.69, 9.17) is 16.3 Å². The molecule has 0 saturated heterocycles. The third-order valence-corrected chi connectivity index (χ3v) is 3.70. The maximum Gasteiger partial charge on any atom is 0.331 e. The lowest BCUT2D eigenvalue weighted by Crippen LogP contribution is -2.20. The van der Waals surface area contributed by atoms with Gasteiger partial charge in [-0.2, -0.15) is 0 Å². The fraction of sp³-hybridized carbons (Fsp3) is 0.200. The van der Waals surface area contributed by atoms with Gasteiger partial charge >= 0.3 is 5.97 Å². The number of carbonyl (C=O) groups is 2. The van der Waals surface area contributed by atoms with Crippen molar-refractivity contribution in [1.82, 2.24) is 0 Å². The zero-order valence-electron chi connectivity index (χ0n) is 14.2. The quantitative estimate of drug-likeness (QED) is 0.604. The summed E-state index contributed by atoms with van der Waals surface area (Å²) in [7, 11) is 0. The number of ether oxygens (including phenoxy) is 1. The highest BCUT2D eigenvalue weighted by Crippen LogP contribution is 2.16. The van der Waals surface area contributed by atoms with Crippen LogP contribution in [0.4, 0.5) is 5.69 Å². The van der Waals surface area contributed by atoms with Crippen LogP contribution >= 0.6 is 11.6 Å². The van der Waals surface area contributed by atoms with E-state index in [0.717, 1.165) is 5.56 Å². The van der Waals surface area contributed by atoms with Gasteiger partial charge in [-0.15, -0.1) is 0 Å². The average molecular weight is 358 g/mol. The van der Waals surface area contributed by atoms with Gasteiger partial charge in [-0.25, -0.2) is 4.79 Å². The standard InChI is InChI=1S/C20H20ClNO3/c1-14(2)16-9-6-15(7-10-16)8-11-20(24)25-13-19(23)22-18-5-3-4-17(21)12-18/h3-12,14H,13H2,1-2H3,(H,22,23)/b11-8+. The third-order valence-electron chi connectivity index (χ3n) is 3.47. The lowest BCUT2D eigenvalue weighted by Gasteiger charge is -2.06. The molecule has 1 N–H and O–H groups in total. The molecule has 5 heteroatoms. The molecule has 0 aliphatic rings. The summed E-state index contributed by atoms with van der Waals surface area (Å²) in [5.41, 5.74) is 2.68. The number of amides is 1. The Kier molecular flexibility index (Phi) is 6.78. The summed E-state index contributed by atoms with van der Waals surface area (Å²) in [6, 6.07) is 14.7. The summed E-state index contributed by atoms with van der Waals surface area (Å²) in [4.78, 5) is 23.4. The zero-order chi connectivity index (χ0) is 18.2. The van der Waals surface area contributed by atoms with E-state index in [2.05, 4.69) is 19.2 Å². The number of halogens is 1. The van der Waals surface area contributed by atoms with Crippen molar-refractivity contribution in [3.8, 4) is 0 Å². The van der Waals surface area contributed by atoms with E-state index in [0.29, 0.717) is 16.6 Å². The Labute approximate surface area is 152 Å². The van der Waals surface area contributed by atoms with Crippen molar-refractivity contribution in [1.29, 1.82) is 0 Å². The molecule has 0 bridgehead atoms. The van der Waals surface area contributed by atoms with Crippen LogP contribution in [0.15, 0.2) is 54.6 Å². The lowest BCUT2D eigenvalue weighted by molar-refractivity contribution is -0.142. The van der Waals surface area contributed by atoms with Crippen LogP contribution in [0.25, 0.3) is 6.08 Å². The minimum absolute atomic E-state index is 0.359. The van der Waals surface area contributed by atoms with Gasteiger partial charge in [0.1, 0.15) is 0 Å². The van der Waals surface area contributed by atoms with Crippen molar-refractivity contribution in [2.75, 3.05) is 11.9 Å². The largest absolute Gasteiger partial charge is 0.452 e. The topological polar surface area (TPSA) is 55.4 Å².